The van der Waals surface area contributed by atoms with Gasteiger partial charge in [0.15, 0.2) is 0 Å². The molecule has 1 amide bonds. The molecule has 1 fully saturated rings. The SMILES string of the molecule is CCCc1ccc(S(=O)(=O)N2CCN(C(=O)Cn3ccccc3=O)CC2)cc1. The van der Waals surface area contributed by atoms with E-state index < -0.39 is 10.0 Å². The van der Waals surface area contributed by atoms with Crippen LogP contribution in [0.5, 0.6) is 0 Å². The average Bonchev–Trinajstić information content (AvgIpc) is 2.70. The fraction of sp³-hybridized carbons (Fsp3) is 0.400. The molecule has 0 radical (unpaired) electrons. The van der Waals surface area contributed by atoms with Gasteiger partial charge < -0.3 is 9.47 Å². The van der Waals surface area contributed by atoms with Crippen LogP contribution in [0, 0.1) is 0 Å². The third-order valence-corrected chi connectivity index (χ3v) is 6.81. The number of aryl methyl sites for hydroxylation is 1. The van der Waals surface area contributed by atoms with Crippen molar-refractivity contribution in [3.63, 3.8) is 0 Å². The molecule has 7 nitrogen and oxygen atoms in total. The monoisotopic (exact) mass is 403 g/mol. The number of hydrogen-bond acceptors (Lipinski definition) is 4. The minimum Gasteiger partial charge on any atom is -0.339 e. The van der Waals surface area contributed by atoms with Crippen LogP contribution in [-0.4, -0.2) is 54.3 Å². The molecule has 1 aromatic heterocycles. The first-order chi connectivity index (χ1) is 13.4. The predicted octanol–water partition coefficient (Wildman–Crippen LogP) is 1.33. The second-order valence-corrected chi connectivity index (χ2v) is 8.78. The van der Waals surface area contributed by atoms with Crippen LogP contribution < -0.4 is 5.56 Å². The van der Waals surface area contributed by atoms with Crippen LogP contribution in [0.2, 0.25) is 0 Å². The Labute approximate surface area is 165 Å². The van der Waals surface area contributed by atoms with Gasteiger partial charge in [0.1, 0.15) is 6.54 Å². The largest absolute Gasteiger partial charge is 0.339 e. The topological polar surface area (TPSA) is 79.7 Å². The summed E-state index contributed by atoms with van der Waals surface area (Å²) in [6.07, 6.45) is 3.51. The number of benzene rings is 1. The Morgan fingerprint density at radius 3 is 2.29 bits per heavy atom. The predicted molar refractivity (Wildman–Crippen MR) is 106 cm³/mol. The van der Waals surface area contributed by atoms with Crippen molar-refractivity contribution in [2.75, 3.05) is 26.2 Å². The van der Waals surface area contributed by atoms with Gasteiger partial charge in [0.25, 0.3) is 5.56 Å². The average molecular weight is 404 g/mol. The number of piperazine rings is 1. The number of carbonyl (C=O) groups excluding carboxylic acids is 1. The number of aromatic nitrogens is 1. The Bertz CT molecular complexity index is 975. The molecule has 3 rings (SSSR count). The Kier molecular flexibility index (Phi) is 6.31. The van der Waals surface area contributed by atoms with Crippen LogP contribution in [0.1, 0.15) is 18.9 Å². The molecule has 1 aromatic carbocycles. The van der Waals surface area contributed by atoms with Gasteiger partial charge in [-0.05, 0) is 30.2 Å². The third-order valence-electron chi connectivity index (χ3n) is 4.90. The minimum absolute atomic E-state index is 0.0364. The van der Waals surface area contributed by atoms with Crippen LogP contribution >= 0.6 is 0 Å². The molecule has 1 aliphatic rings. The van der Waals surface area contributed by atoms with E-state index in [1.165, 1.54) is 14.9 Å². The molecule has 0 atom stereocenters. The molecule has 0 saturated carbocycles. The Balaban J connectivity index is 1.61. The fourth-order valence-electron chi connectivity index (χ4n) is 3.28. The van der Waals surface area contributed by atoms with Gasteiger partial charge in [-0.3, -0.25) is 9.59 Å². The van der Waals surface area contributed by atoms with Gasteiger partial charge in [-0.1, -0.05) is 31.5 Å². The maximum Gasteiger partial charge on any atom is 0.250 e. The van der Waals surface area contributed by atoms with Gasteiger partial charge in [0.2, 0.25) is 15.9 Å². The zero-order chi connectivity index (χ0) is 20.1. The molecular weight excluding hydrogens is 378 g/mol. The number of hydrogen-bond donors (Lipinski definition) is 0. The van der Waals surface area contributed by atoms with Crippen LogP contribution in [0.4, 0.5) is 0 Å². The Morgan fingerprint density at radius 1 is 1.00 bits per heavy atom. The first-order valence-electron chi connectivity index (χ1n) is 9.44. The van der Waals surface area contributed by atoms with Crippen molar-refractivity contribution in [1.29, 1.82) is 0 Å². The number of nitrogens with zero attached hydrogens (tertiary/aromatic N) is 3. The Morgan fingerprint density at radius 2 is 1.68 bits per heavy atom. The van der Waals surface area contributed by atoms with Crippen LogP contribution in [0.3, 0.4) is 0 Å². The molecule has 2 heterocycles. The zero-order valence-electron chi connectivity index (χ0n) is 16.0. The van der Waals surface area contributed by atoms with Crippen LogP contribution in [0.15, 0.2) is 58.4 Å². The van der Waals surface area contributed by atoms with E-state index in [2.05, 4.69) is 6.92 Å². The van der Waals surface area contributed by atoms with Crippen molar-refractivity contribution in [2.24, 2.45) is 0 Å². The molecule has 1 saturated heterocycles. The lowest BCUT2D eigenvalue weighted by atomic mass is 10.1. The number of carbonyl (C=O) groups is 1. The summed E-state index contributed by atoms with van der Waals surface area (Å²) in [7, 11) is -3.57. The van der Waals surface area contributed by atoms with Crippen molar-refractivity contribution in [3.8, 4) is 0 Å². The van der Waals surface area contributed by atoms with Crippen LogP contribution in [0.25, 0.3) is 0 Å². The molecule has 0 N–H and O–H groups in total. The second-order valence-electron chi connectivity index (χ2n) is 6.85. The number of rotatable bonds is 6. The van der Waals surface area contributed by atoms with Crippen molar-refractivity contribution in [1.82, 2.24) is 13.8 Å². The summed E-state index contributed by atoms with van der Waals surface area (Å²) < 4.78 is 28.5. The summed E-state index contributed by atoms with van der Waals surface area (Å²) in [6.45, 7) is 3.16. The van der Waals surface area contributed by atoms with E-state index in [4.69, 9.17) is 0 Å². The van der Waals surface area contributed by atoms with E-state index in [1.54, 1.807) is 35.4 Å². The number of sulfonamides is 1. The van der Waals surface area contributed by atoms with Crippen molar-refractivity contribution in [3.05, 3.63) is 64.6 Å². The minimum atomic E-state index is -3.57. The lowest BCUT2D eigenvalue weighted by Gasteiger charge is -2.34. The summed E-state index contributed by atoms with van der Waals surface area (Å²) in [6, 6.07) is 11.7. The summed E-state index contributed by atoms with van der Waals surface area (Å²) in [5.41, 5.74) is 0.886. The highest BCUT2D eigenvalue weighted by atomic mass is 32.2. The van der Waals surface area contributed by atoms with E-state index >= 15 is 0 Å². The molecule has 0 bridgehead atoms. The molecule has 2 aromatic rings. The molecule has 8 heteroatoms. The van der Waals surface area contributed by atoms with Gasteiger partial charge in [-0.15, -0.1) is 0 Å². The smallest absolute Gasteiger partial charge is 0.250 e. The Hall–Kier alpha value is -2.45. The molecule has 150 valence electrons. The molecule has 0 spiro atoms. The van der Waals surface area contributed by atoms with Gasteiger partial charge in [-0.2, -0.15) is 4.31 Å². The molecule has 28 heavy (non-hydrogen) atoms. The van der Waals surface area contributed by atoms with E-state index in [-0.39, 0.29) is 36.0 Å². The lowest BCUT2D eigenvalue weighted by molar-refractivity contribution is -0.133. The maximum absolute atomic E-state index is 12.8. The quantitative estimate of drug-likeness (QED) is 0.729. The van der Waals surface area contributed by atoms with E-state index in [0.29, 0.717) is 13.1 Å². The van der Waals surface area contributed by atoms with E-state index in [9.17, 15) is 18.0 Å². The normalized spacial score (nSPS) is 15.5. The van der Waals surface area contributed by atoms with Crippen LogP contribution in [-0.2, 0) is 27.8 Å². The van der Waals surface area contributed by atoms with Crippen molar-refractivity contribution >= 4 is 15.9 Å². The van der Waals surface area contributed by atoms with Crippen molar-refractivity contribution in [2.45, 2.75) is 31.2 Å². The van der Waals surface area contributed by atoms with Crippen molar-refractivity contribution < 1.29 is 13.2 Å². The second kappa shape index (κ2) is 8.70. The summed E-state index contributed by atoms with van der Waals surface area (Å²) in [5, 5.41) is 0. The van der Waals surface area contributed by atoms with Gasteiger partial charge in [0, 0.05) is 38.4 Å². The standard InChI is InChI=1S/C20H25N3O4S/c1-2-5-17-7-9-18(10-8-17)28(26,27)23-14-12-21(13-15-23)20(25)16-22-11-4-3-6-19(22)24/h3-4,6-11H,2,5,12-16H2,1H3. The molecule has 1 aliphatic heterocycles. The number of amides is 1. The highest BCUT2D eigenvalue weighted by Crippen LogP contribution is 2.19. The lowest BCUT2D eigenvalue weighted by Crippen LogP contribution is -2.51. The number of pyridine rings is 1. The summed E-state index contributed by atoms with van der Waals surface area (Å²) in [4.78, 5) is 26.1. The molecule has 0 aliphatic carbocycles. The summed E-state index contributed by atoms with van der Waals surface area (Å²) >= 11 is 0. The molecular formula is C20H25N3O4S. The fourth-order valence-corrected chi connectivity index (χ4v) is 4.70. The molecule has 0 unspecified atom stereocenters. The summed E-state index contributed by atoms with van der Waals surface area (Å²) in [5.74, 6) is -0.186. The van der Waals surface area contributed by atoms with E-state index in [1.807, 2.05) is 12.1 Å². The van der Waals surface area contributed by atoms with Gasteiger partial charge in [0.05, 0.1) is 4.90 Å². The van der Waals surface area contributed by atoms with Gasteiger partial charge >= 0.3 is 0 Å². The first kappa shape index (κ1) is 20.3. The third kappa shape index (κ3) is 4.51. The maximum atomic E-state index is 12.8. The first-order valence-corrected chi connectivity index (χ1v) is 10.9. The van der Waals surface area contributed by atoms with E-state index in [0.717, 1.165) is 18.4 Å². The highest BCUT2D eigenvalue weighted by molar-refractivity contribution is 7.89. The highest BCUT2D eigenvalue weighted by Gasteiger charge is 2.30. The zero-order valence-corrected chi connectivity index (χ0v) is 16.8. The van der Waals surface area contributed by atoms with Gasteiger partial charge in [-0.25, -0.2) is 8.42 Å².